The van der Waals surface area contributed by atoms with E-state index in [0.29, 0.717) is 18.2 Å². The molecule has 4 aromatic rings. The molecule has 2 heterocycles. The molecule has 0 aliphatic rings. The quantitative estimate of drug-likeness (QED) is 0.205. The van der Waals surface area contributed by atoms with Crippen LogP contribution in [0.3, 0.4) is 0 Å². The van der Waals surface area contributed by atoms with E-state index >= 15 is 4.39 Å². The van der Waals surface area contributed by atoms with E-state index in [-0.39, 0.29) is 22.2 Å². The zero-order chi connectivity index (χ0) is 32.8. The molecule has 0 bridgehead atoms. The first kappa shape index (κ1) is 32.5. The third kappa shape index (κ3) is 6.15. The van der Waals surface area contributed by atoms with Gasteiger partial charge in [-0.15, -0.1) is 0 Å². The van der Waals surface area contributed by atoms with Gasteiger partial charge in [0.25, 0.3) is 12.3 Å². The lowest BCUT2D eigenvalue weighted by molar-refractivity contribution is -0.265. The summed E-state index contributed by atoms with van der Waals surface area (Å²) in [5.74, 6) is -5.46. The number of pyridine rings is 2. The molecule has 44 heavy (non-hydrogen) atoms. The van der Waals surface area contributed by atoms with E-state index in [4.69, 9.17) is 4.74 Å². The van der Waals surface area contributed by atoms with Gasteiger partial charge in [0.2, 0.25) is 5.60 Å². The number of methoxy groups -OCH3 is 1. The normalized spacial score (nSPS) is 13.7. The first-order valence-corrected chi connectivity index (χ1v) is 12.6. The van der Waals surface area contributed by atoms with E-state index < -0.39 is 81.8 Å². The first-order chi connectivity index (χ1) is 20.4. The number of nitrogens with one attached hydrogen (secondary N) is 1. The Labute approximate surface area is 244 Å². The fraction of sp³-hybridized carbons (Fsp3) is 0.276. The number of hydrogen-bond donors (Lipinski definition) is 3. The highest BCUT2D eigenvalue weighted by Gasteiger charge is 2.57. The highest BCUT2D eigenvalue weighted by atomic mass is 19.4. The number of carbonyl (C=O) groups excluding carboxylic acids is 1. The average Bonchev–Trinajstić information content (AvgIpc) is 2.95. The van der Waals surface area contributed by atoms with Gasteiger partial charge in [0.05, 0.1) is 24.9 Å². The molecule has 1 atom stereocenters. The van der Waals surface area contributed by atoms with Crippen LogP contribution in [-0.2, 0) is 11.2 Å². The van der Waals surface area contributed by atoms with Crippen molar-refractivity contribution in [3.8, 4) is 17.0 Å². The van der Waals surface area contributed by atoms with Gasteiger partial charge < -0.3 is 20.3 Å². The molecule has 7 nitrogen and oxygen atoms in total. The molecular formula is C29H23F8N3O4. The number of hydrogen-bond acceptors (Lipinski definition) is 6. The van der Waals surface area contributed by atoms with Crippen molar-refractivity contribution in [2.24, 2.45) is 0 Å². The second-order valence-electron chi connectivity index (χ2n) is 10.3. The number of nitrogens with zero attached hydrogens (tertiary/aromatic N) is 2. The average molecular weight is 630 g/mol. The van der Waals surface area contributed by atoms with E-state index in [1.54, 1.807) is 0 Å². The van der Waals surface area contributed by atoms with Gasteiger partial charge >= 0.3 is 6.18 Å². The smallest absolute Gasteiger partial charge is 0.424 e. The zero-order valence-electron chi connectivity index (χ0n) is 23.0. The highest BCUT2D eigenvalue weighted by Crippen LogP contribution is 2.41. The van der Waals surface area contributed by atoms with Crippen LogP contribution < -0.4 is 10.1 Å². The molecule has 234 valence electrons. The third-order valence-corrected chi connectivity index (χ3v) is 6.71. The van der Waals surface area contributed by atoms with Gasteiger partial charge in [-0.2, -0.15) is 13.2 Å². The van der Waals surface area contributed by atoms with Crippen molar-refractivity contribution in [3.05, 3.63) is 88.5 Å². The minimum Gasteiger partial charge on any atom is -0.494 e. The van der Waals surface area contributed by atoms with Gasteiger partial charge in [0, 0.05) is 33.8 Å². The van der Waals surface area contributed by atoms with Crippen LogP contribution in [0.5, 0.6) is 5.75 Å². The summed E-state index contributed by atoms with van der Waals surface area (Å²) in [7, 11) is 1.19. The predicted octanol–water partition coefficient (Wildman–Crippen LogP) is 6.07. The molecule has 0 fully saturated rings. The molecule has 0 aliphatic carbocycles. The summed E-state index contributed by atoms with van der Waals surface area (Å²) in [6.07, 6.45) is -7.60. The fourth-order valence-corrected chi connectivity index (χ4v) is 4.31. The van der Waals surface area contributed by atoms with Gasteiger partial charge in [-0.1, -0.05) is 0 Å². The van der Waals surface area contributed by atoms with Crippen molar-refractivity contribution in [3.63, 3.8) is 0 Å². The second-order valence-corrected chi connectivity index (χ2v) is 10.3. The fourth-order valence-electron chi connectivity index (χ4n) is 4.31. The zero-order valence-corrected chi connectivity index (χ0v) is 23.0. The first-order valence-electron chi connectivity index (χ1n) is 12.6. The van der Waals surface area contributed by atoms with Crippen LogP contribution in [0.1, 0.15) is 47.5 Å². The van der Waals surface area contributed by atoms with Crippen molar-refractivity contribution < 1.29 is 54.9 Å². The third-order valence-electron chi connectivity index (χ3n) is 6.71. The Hall–Kier alpha value is -4.37. The maximum atomic E-state index is 15.4. The van der Waals surface area contributed by atoms with Gasteiger partial charge in [-0.25, -0.2) is 26.9 Å². The molecule has 2 aromatic heterocycles. The van der Waals surface area contributed by atoms with E-state index in [2.05, 4.69) is 9.97 Å². The molecule has 0 unspecified atom stereocenters. The van der Waals surface area contributed by atoms with Crippen LogP contribution >= 0.6 is 0 Å². The number of fused-ring (bicyclic) bond motifs is 1. The molecule has 1 amide bonds. The van der Waals surface area contributed by atoms with Crippen molar-refractivity contribution in [1.82, 2.24) is 15.3 Å². The Bertz CT molecular complexity index is 1740. The summed E-state index contributed by atoms with van der Waals surface area (Å²) in [6.45, 7) is 0.451. The number of halogens is 8. The molecule has 15 heteroatoms. The summed E-state index contributed by atoms with van der Waals surface area (Å²) in [5, 5.41) is 23.4. The molecule has 0 aliphatic heterocycles. The van der Waals surface area contributed by atoms with Crippen LogP contribution in [-0.4, -0.2) is 45.9 Å². The van der Waals surface area contributed by atoms with Gasteiger partial charge in [0.1, 0.15) is 17.0 Å². The summed E-state index contributed by atoms with van der Waals surface area (Å²) < 4.78 is 118. The number of ether oxygens (including phenoxy) is 1. The Morgan fingerprint density at radius 1 is 1.00 bits per heavy atom. The lowest BCUT2D eigenvalue weighted by Gasteiger charge is -2.32. The summed E-state index contributed by atoms with van der Waals surface area (Å²) in [6, 6.07) is 5.49. The number of carbonyl (C=O) groups is 1. The standard InChI is InChI=1S/C29H23F8N3O4/c1-27(2,42)17-10-21(40-24(22(17)32)13-4-5-18(30)19(31)8-13)28(43,29(35,36)37)12-39-26(41)15-6-14-7-16(25(33)34)11-38-23(14)20(9-15)44-3/h4-11,25,42-43H,12H2,1-3H3,(H,39,41)/t28-/m0/s1. The minimum atomic E-state index is -5.58. The Kier molecular flexibility index (Phi) is 8.59. The van der Waals surface area contributed by atoms with Gasteiger partial charge in [0.15, 0.2) is 17.5 Å². The van der Waals surface area contributed by atoms with Crippen LogP contribution in [0.15, 0.2) is 48.7 Å². The molecule has 0 saturated heterocycles. The Morgan fingerprint density at radius 2 is 1.68 bits per heavy atom. The predicted molar refractivity (Wildman–Crippen MR) is 140 cm³/mol. The molecule has 0 radical (unpaired) electrons. The summed E-state index contributed by atoms with van der Waals surface area (Å²) in [5.41, 5.74) is -10.5. The lowest BCUT2D eigenvalue weighted by atomic mass is 9.90. The molecule has 3 N–H and O–H groups in total. The molecule has 0 saturated carbocycles. The number of aliphatic hydroxyl groups is 2. The van der Waals surface area contributed by atoms with Crippen molar-refractivity contribution >= 4 is 16.8 Å². The van der Waals surface area contributed by atoms with Crippen LogP contribution in [0.2, 0.25) is 0 Å². The van der Waals surface area contributed by atoms with Crippen LogP contribution in [0.4, 0.5) is 35.1 Å². The van der Waals surface area contributed by atoms with Crippen molar-refractivity contribution in [1.29, 1.82) is 0 Å². The van der Waals surface area contributed by atoms with E-state index in [1.807, 2.05) is 5.32 Å². The number of aromatic nitrogens is 2. The Balaban J connectivity index is 1.80. The topological polar surface area (TPSA) is 105 Å². The number of amides is 1. The number of alkyl halides is 5. The van der Waals surface area contributed by atoms with Crippen LogP contribution in [0, 0.1) is 17.5 Å². The maximum absolute atomic E-state index is 15.4. The Morgan fingerprint density at radius 3 is 2.25 bits per heavy atom. The van der Waals surface area contributed by atoms with Gasteiger partial charge in [-0.3, -0.25) is 9.78 Å². The summed E-state index contributed by atoms with van der Waals surface area (Å²) >= 11 is 0. The van der Waals surface area contributed by atoms with Crippen LogP contribution in [0.25, 0.3) is 22.2 Å². The largest absolute Gasteiger partial charge is 0.494 e. The molecule has 2 aromatic carbocycles. The van der Waals surface area contributed by atoms with E-state index in [1.165, 1.54) is 7.11 Å². The highest BCUT2D eigenvalue weighted by molar-refractivity contribution is 6.00. The summed E-state index contributed by atoms with van der Waals surface area (Å²) in [4.78, 5) is 20.5. The molecule has 4 rings (SSSR count). The minimum absolute atomic E-state index is 0.00424. The van der Waals surface area contributed by atoms with E-state index in [9.17, 15) is 45.7 Å². The monoisotopic (exact) mass is 629 g/mol. The van der Waals surface area contributed by atoms with Crippen molar-refractivity contribution in [2.45, 2.75) is 37.7 Å². The maximum Gasteiger partial charge on any atom is 0.424 e. The molecule has 0 spiro atoms. The lowest BCUT2D eigenvalue weighted by Crippen LogP contribution is -2.51. The van der Waals surface area contributed by atoms with E-state index in [0.717, 1.165) is 44.3 Å². The number of benzene rings is 2. The SMILES string of the molecule is COc1cc(C(=O)NC[C@](O)(c2cc(C(C)(C)O)c(F)c(-c3ccc(F)c(F)c3)n2)C(F)(F)F)cc2cc(C(F)F)cnc12. The number of rotatable bonds is 8. The molecular weight excluding hydrogens is 606 g/mol. The second kappa shape index (κ2) is 11.6. The van der Waals surface area contributed by atoms with Crippen molar-refractivity contribution in [2.75, 3.05) is 13.7 Å². The van der Waals surface area contributed by atoms with Gasteiger partial charge in [-0.05, 0) is 56.3 Å².